The van der Waals surface area contributed by atoms with Crippen LogP contribution in [0.1, 0.15) is 28.4 Å². The quantitative estimate of drug-likeness (QED) is 0.464. The second kappa shape index (κ2) is 9.87. The van der Waals surface area contributed by atoms with Crippen LogP contribution in [0.15, 0.2) is 65.6 Å². The minimum atomic E-state index is -3.94. The van der Waals surface area contributed by atoms with E-state index >= 15 is 0 Å². The Labute approximate surface area is 205 Å². The number of nitrogens with zero attached hydrogens (tertiary/aromatic N) is 2. The van der Waals surface area contributed by atoms with E-state index < -0.39 is 10.0 Å². The largest absolute Gasteiger partial charge is 0.495 e. The van der Waals surface area contributed by atoms with E-state index in [0.717, 1.165) is 9.87 Å². The van der Waals surface area contributed by atoms with Gasteiger partial charge in [0, 0.05) is 25.7 Å². The van der Waals surface area contributed by atoms with E-state index in [1.165, 1.54) is 26.3 Å². The highest BCUT2D eigenvalue weighted by Crippen LogP contribution is 2.34. The molecule has 1 heterocycles. The molecule has 0 N–H and O–H groups in total. The predicted molar refractivity (Wildman–Crippen MR) is 133 cm³/mol. The molecule has 0 saturated carbocycles. The minimum Gasteiger partial charge on any atom is -0.495 e. The molecule has 3 aromatic rings. The predicted octanol–water partition coefficient (Wildman–Crippen LogP) is 4.22. The molecule has 8 nitrogen and oxygen atoms in total. The summed E-state index contributed by atoms with van der Waals surface area (Å²) in [5, 5.41) is 0. The Hall–Kier alpha value is -3.72. The number of hydrogen-bond donors (Lipinski definition) is 0. The molecule has 9 heteroatoms. The lowest BCUT2D eigenvalue weighted by atomic mass is 10.1. The zero-order valence-electron chi connectivity index (χ0n) is 20.1. The van der Waals surface area contributed by atoms with Crippen LogP contribution in [0.5, 0.6) is 17.2 Å². The number of sulfonamides is 1. The molecule has 184 valence electrons. The molecule has 4 rings (SSSR count). The first-order chi connectivity index (χ1) is 16.8. The first kappa shape index (κ1) is 24.4. The average Bonchev–Trinajstić information content (AvgIpc) is 3.34. The fourth-order valence-corrected chi connectivity index (χ4v) is 5.16. The van der Waals surface area contributed by atoms with Crippen LogP contribution in [-0.2, 0) is 16.6 Å². The van der Waals surface area contributed by atoms with Crippen LogP contribution in [0.3, 0.4) is 0 Å². The fourth-order valence-electron chi connectivity index (χ4n) is 3.93. The Bertz CT molecular complexity index is 1360. The fraction of sp³-hybridized carbons (Fsp3) is 0.269. The van der Waals surface area contributed by atoms with E-state index in [1.54, 1.807) is 42.2 Å². The van der Waals surface area contributed by atoms with Gasteiger partial charge in [0.15, 0.2) is 11.5 Å². The highest BCUT2D eigenvalue weighted by molar-refractivity contribution is 7.92. The van der Waals surface area contributed by atoms with Crippen LogP contribution in [-0.4, -0.2) is 46.7 Å². The summed E-state index contributed by atoms with van der Waals surface area (Å²) < 4.78 is 44.2. The molecule has 1 aliphatic rings. The van der Waals surface area contributed by atoms with E-state index in [-0.39, 0.29) is 17.6 Å². The van der Waals surface area contributed by atoms with Gasteiger partial charge in [-0.2, -0.15) is 0 Å². The van der Waals surface area contributed by atoms with Crippen LogP contribution in [0, 0.1) is 6.92 Å². The molecule has 0 aliphatic carbocycles. The topological polar surface area (TPSA) is 85.4 Å². The summed E-state index contributed by atoms with van der Waals surface area (Å²) in [6.45, 7) is 4.66. The third-order valence-corrected chi connectivity index (χ3v) is 7.77. The molecule has 0 fully saturated rings. The van der Waals surface area contributed by atoms with Gasteiger partial charge in [0.2, 0.25) is 6.79 Å². The van der Waals surface area contributed by atoms with Gasteiger partial charge in [0.05, 0.1) is 17.7 Å². The molecular formula is C26H28N2O6S. The van der Waals surface area contributed by atoms with Gasteiger partial charge in [-0.25, -0.2) is 8.42 Å². The van der Waals surface area contributed by atoms with Crippen molar-refractivity contribution in [3.8, 4) is 17.2 Å². The summed E-state index contributed by atoms with van der Waals surface area (Å²) in [4.78, 5) is 15.2. The van der Waals surface area contributed by atoms with Crippen LogP contribution in [0.2, 0.25) is 0 Å². The van der Waals surface area contributed by atoms with Crippen LogP contribution >= 0.6 is 0 Å². The van der Waals surface area contributed by atoms with Gasteiger partial charge in [-0.05, 0) is 61.4 Å². The molecule has 1 aliphatic heterocycles. The molecular weight excluding hydrogens is 468 g/mol. The van der Waals surface area contributed by atoms with Gasteiger partial charge in [0.1, 0.15) is 5.75 Å². The number of benzene rings is 3. The van der Waals surface area contributed by atoms with Gasteiger partial charge in [-0.3, -0.25) is 9.10 Å². The molecule has 0 atom stereocenters. The standard InChI is InChI=1S/C26H28N2O6S/c1-5-28(16-19-11-13-24-25(14-19)34-17-33-24)26(29)21-15-20(12-10-18(21)2)35(30,31)27(3)22-8-6-7-9-23(22)32-4/h6-15H,5,16-17H2,1-4H3. The Morgan fingerprint density at radius 2 is 1.77 bits per heavy atom. The zero-order valence-corrected chi connectivity index (χ0v) is 21.0. The molecule has 1 amide bonds. The van der Waals surface area contributed by atoms with Crippen LogP contribution < -0.4 is 18.5 Å². The first-order valence-corrected chi connectivity index (χ1v) is 12.6. The minimum absolute atomic E-state index is 0.0268. The third kappa shape index (κ3) is 4.77. The summed E-state index contributed by atoms with van der Waals surface area (Å²) in [6, 6.07) is 17.1. The lowest BCUT2D eigenvalue weighted by molar-refractivity contribution is 0.0751. The molecule has 0 bridgehead atoms. The zero-order chi connectivity index (χ0) is 25.2. The summed E-state index contributed by atoms with van der Waals surface area (Å²) in [7, 11) is -0.991. The summed E-state index contributed by atoms with van der Waals surface area (Å²) >= 11 is 0. The van der Waals surface area contributed by atoms with Crippen molar-refractivity contribution in [1.29, 1.82) is 0 Å². The summed E-state index contributed by atoms with van der Waals surface area (Å²) in [6.07, 6.45) is 0. The number of anilines is 1. The first-order valence-electron chi connectivity index (χ1n) is 11.2. The monoisotopic (exact) mass is 496 g/mol. The normalized spacial score (nSPS) is 12.3. The number of para-hydroxylation sites is 2. The maximum Gasteiger partial charge on any atom is 0.264 e. The number of rotatable bonds is 8. The Kier molecular flexibility index (Phi) is 6.88. The van der Waals surface area contributed by atoms with E-state index in [2.05, 4.69) is 0 Å². The number of carbonyl (C=O) groups is 1. The summed E-state index contributed by atoms with van der Waals surface area (Å²) in [5.41, 5.74) is 2.32. The van der Waals surface area contributed by atoms with E-state index in [1.807, 2.05) is 25.1 Å². The molecule has 0 radical (unpaired) electrons. The summed E-state index contributed by atoms with van der Waals surface area (Å²) in [5.74, 6) is 1.51. The average molecular weight is 497 g/mol. The van der Waals surface area contributed by atoms with Crippen molar-refractivity contribution in [1.82, 2.24) is 4.90 Å². The Morgan fingerprint density at radius 1 is 1.03 bits per heavy atom. The molecule has 0 aromatic heterocycles. The maximum absolute atomic E-state index is 13.5. The van der Waals surface area contributed by atoms with Gasteiger partial charge >= 0.3 is 0 Å². The second-order valence-electron chi connectivity index (χ2n) is 8.13. The van der Waals surface area contributed by atoms with Gasteiger partial charge in [0.25, 0.3) is 15.9 Å². The highest BCUT2D eigenvalue weighted by atomic mass is 32.2. The smallest absolute Gasteiger partial charge is 0.264 e. The van der Waals surface area contributed by atoms with Gasteiger partial charge < -0.3 is 19.1 Å². The molecule has 35 heavy (non-hydrogen) atoms. The van der Waals surface area contributed by atoms with Crippen molar-refractivity contribution in [3.63, 3.8) is 0 Å². The molecule has 3 aromatic carbocycles. The van der Waals surface area contributed by atoms with Crippen molar-refractivity contribution in [2.75, 3.05) is 31.8 Å². The Morgan fingerprint density at radius 3 is 2.51 bits per heavy atom. The molecule has 0 spiro atoms. The van der Waals surface area contributed by atoms with E-state index in [9.17, 15) is 13.2 Å². The molecule has 0 unspecified atom stereocenters. The van der Waals surface area contributed by atoms with Crippen molar-refractivity contribution >= 4 is 21.6 Å². The number of carbonyl (C=O) groups excluding carboxylic acids is 1. The highest BCUT2D eigenvalue weighted by Gasteiger charge is 2.26. The maximum atomic E-state index is 13.5. The van der Waals surface area contributed by atoms with Gasteiger partial charge in [-0.15, -0.1) is 0 Å². The number of hydrogen-bond acceptors (Lipinski definition) is 6. The van der Waals surface area contributed by atoms with Crippen molar-refractivity contribution in [2.24, 2.45) is 0 Å². The van der Waals surface area contributed by atoms with Crippen molar-refractivity contribution < 1.29 is 27.4 Å². The number of aryl methyl sites for hydroxylation is 1. The Balaban J connectivity index is 1.63. The van der Waals surface area contributed by atoms with Crippen molar-refractivity contribution in [2.45, 2.75) is 25.3 Å². The number of ether oxygens (including phenoxy) is 3. The van der Waals surface area contributed by atoms with Crippen LogP contribution in [0.4, 0.5) is 5.69 Å². The van der Waals surface area contributed by atoms with Gasteiger partial charge in [-0.1, -0.05) is 24.3 Å². The van der Waals surface area contributed by atoms with E-state index in [0.29, 0.717) is 47.2 Å². The van der Waals surface area contributed by atoms with Crippen molar-refractivity contribution in [3.05, 3.63) is 77.4 Å². The third-order valence-electron chi connectivity index (χ3n) is 6.00. The SMILES string of the molecule is CCN(Cc1ccc2c(c1)OCO2)C(=O)c1cc(S(=O)(=O)N(C)c2ccccc2OC)ccc1C. The number of methoxy groups -OCH3 is 1. The van der Waals surface area contributed by atoms with Crippen LogP contribution in [0.25, 0.3) is 0 Å². The molecule has 0 saturated heterocycles. The van der Waals surface area contributed by atoms with E-state index in [4.69, 9.17) is 14.2 Å². The lowest BCUT2D eigenvalue weighted by Gasteiger charge is -2.24. The number of fused-ring (bicyclic) bond motifs is 1. The second-order valence-corrected chi connectivity index (χ2v) is 10.1. The number of amides is 1. The lowest BCUT2D eigenvalue weighted by Crippen LogP contribution is -2.31.